The Balaban J connectivity index is 2.74. The van der Waals surface area contributed by atoms with Crippen molar-refractivity contribution in [3.05, 3.63) is 24.0 Å². The highest BCUT2D eigenvalue weighted by atomic mass is 32.2. The van der Waals surface area contributed by atoms with Crippen molar-refractivity contribution in [2.75, 3.05) is 13.7 Å². The SMILES string of the molecule is COc1cc(S(=O)(=O)NCCCC(=O)O)ccc1F. The van der Waals surface area contributed by atoms with Gasteiger partial charge in [-0.05, 0) is 18.6 Å². The Morgan fingerprint density at radius 3 is 2.74 bits per heavy atom. The summed E-state index contributed by atoms with van der Waals surface area (Å²) in [6.45, 7) is -0.00563. The molecule has 0 fully saturated rings. The molecule has 0 unspecified atom stereocenters. The molecule has 0 heterocycles. The zero-order valence-electron chi connectivity index (χ0n) is 10.2. The smallest absolute Gasteiger partial charge is 0.303 e. The Morgan fingerprint density at radius 2 is 2.16 bits per heavy atom. The number of ether oxygens (including phenoxy) is 1. The van der Waals surface area contributed by atoms with Crippen LogP contribution in [0.3, 0.4) is 0 Å². The maximum Gasteiger partial charge on any atom is 0.303 e. The van der Waals surface area contributed by atoms with Crippen LogP contribution >= 0.6 is 0 Å². The standard InChI is InChI=1S/C11H14FNO5S/c1-18-10-7-8(4-5-9(10)12)19(16,17)13-6-2-3-11(14)15/h4-5,7,13H,2-3,6H2,1H3,(H,14,15). The molecular weight excluding hydrogens is 277 g/mol. The molecule has 0 spiro atoms. The van der Waals surface area contributed by atoms with Crippen molar-refractivity contribution >= 4 is 16.0 Å². The topological polar surface area (TPSA) is 92.7 Å². The summed E-state index contributed by atoms with van der Waals surface area (Å²) >= 11 is 0. The van der Waals surface area contributed by atoms with Crippen LogP contribution in [-0.4, -0.2) is 33.1 Å². The molecule has 0 aliphatic rings. The van der Waals surface area contributed by atoms with Crippen LogP contribution in [0.25, 0.3) is 0 Å². The van der Waals surface area contributed by atoms with E-state index in [1.807, 2.05) is 0 Å². The maximum atomic E-state index is 13.1. The van der Waals surface area contributed by atoms with E-state index in [0.717, 1.165) is 18.2 Å². The van der Waals surface area contributed by atoms with Crippen LogP contribution in [0, 0.1) is 5.82 Å². The summed E-state index contributed by atoms with van der Waals surface area (Å²) in [5.74, 6) is -1.83. The molecule has 1 rings (SSSR count). The fourth-order valence-corrected chi connectivity index (χ4v) is 2.43. The molecule has 6 nitrogen and oxygen atoms in total. The Kier molecular flexibility index (Phi) is 5.25. The van der Waals surface area contributed by atoms with Crippen LogP contribution in [0.15, 0.2) is 23.1 Å². The highest BCUT2D eigenvalue weighted by Gasteiger charge is 2.16. The van der Waals surface area contributed by atoms with Crippen molar-refractivity contribution in [3.63, 3.8) is 0 Å². The van der Waals surface area contributed by atoms with Gasteiger partial charge in [0.2, 0.25) is 10.0 Å². The third-order valence-electron chi connectivity index (χ3n) is 2.29. The minimum atomic E-state index is -3.80. The van der Waals surface area contributed by atoms with Gasteiger partial charge in [-0.2, -0.15) is 0 Å². The van der Waals surface area contributed by atoms with Gasteiger partial charge in [-0.25, -0.2) is 17.5 Å². The maximum absolute atomic E-state index is 13.1. The molecule has 1 aromatic carbocycles. The van der Waals surface area contributed by atoms with Gasteiger partial charge in [0.05, 0.1) is 12.0 Å². The average Bonchev–Trinajstić information content (AvgIpc) is 2.35. The number of carboxylic acids is 1. The van der Waals surface area contributed by atoms with Gasteiger partial charge in [0, 0.05) is 19.0 Å². The van der Waals surface area contributed by atoms with E-state index in [2.05, 4.69) is 4.72 Å². The molecule has 2 N–H and O–H groups in total. The first kappa shape index (κ1) is 15.4. The molecule has 0 aliphatic carbocycles. The summed E-state index contributed by atoms with van der Waals surface area (Å²) < 4.78 is 43.7. The molecule has 0 radical (unpaired) electrons. The molecule has 106 valence electrons. The number of benzene rings is 1. The van der Waals surface area contributed by atoms with Crippen molar-refractivity contribution in [2.24, 2.45) is 0 Å². The number of carboxylic acid groups (broad SMARTS) is 1. The van der Waals surface area contributed by atoms with Gasteiger partial charge in [0.1, 0.15) is 0 Å². The van der Waals surface area contributed by atoms with Gasteiger partial charge in [0.15, 0.2) is 11.6 Å². The second-order valence-corrected chi connectivity index (χ2v) is 5.46. The van der Waals surface area contributed by atoms with Crippen LogP contribution in [0.2, 0.25) is 0 Å². The summed E-state index contributed by atoms with van der Waals surface area (Å²) in [5, 5.41) is 8.42. The van der Waals surface area contributed by atoms with Crippen LogP contribution < -0.4 is 9.46 Å². The minimum Gasteiger partial charge on any atom is -0.494 e. The first-order valence-corrected chi connectivity index (χ1v) is 6.90. The van der Waals surface area contributed by atoms with Crippen LogP contribution in [0.4, 0.5) is 4.39 Å². The lowest BCUT2D eigenvalue weighted by atomic mass is 10.3. The van der Waals surface area contributed by atoms with Crippen molar-refractivity contribution in [2.45, 2.75) is 17.7 Å². The molecule has 0 saturated heterocycles. The average molecular weight is 291 g/mol. The van der Waals surface area contributed by atoms with E-state index in [0.29, 0.717) is 0 Å². The van der Waals surface area contributed by atoms with Gasteiger partial charge in [0.25, 0.3) is 0 Å². The molecular formula is C11H14FNO5S. The van der Waals surface area contributed by atoms with E-state index in [4.69, 9.17) is 9.84 Å². The molecule has 0 atom stereocenters. The van der Waals surface area contributed by atoms with Gasteiger partial charge in [-0.15, -0.1) is 0 Å². The van der Waals surface area contributed by atoms with E-state index >= 15 is 0 Å². The Hall–Kier alpha value is -1.67. The van der Waals surface area contributed by atoms with Gasteiger partial charge >= 0.3 is 5.97 Å². The molecule has 8 heteroatoms. The number of sulfonamides is 1. The Bertz CT molecular complexity index is 558. The van der Waals surface area contributed by atoms with E-state index in [9.17, 15) is 17.6 Å². The summed E-state index contributed by atoms with van der Waals surface area (Å²) in [6, 6.07) is 3.16. The molecule has 0 amide bonds. The summed E-state index contributed by atoms with van der Waals surface area (Å²) in [6.07, 6.45) is 0.0438. The quantitative estimate of drug-likeness (QED) is 0.730. The highest BCUT2D eigenvalue weighted by molar-refractivity contribution is 7.89. The largest absolute Gasteiger partial charge is 0.494 e. The number of halogens is 1. The number of methoxy groups -OCH3 is 1. The molecule has 0 aliphatic heterocycles. The van der Waals surface area contributed by atoms with Crippen LogP contribution in [0.5, 0.6) is 5.75 Å². The highest BCUT2D eigenvalue weighted by Crippen LogP contribution is 2.21. The van der Waals surface area contributed by atoms with Crippen molar-refractivity contribution in [1.29, 1.82) is 0 Å². The number of nitrogens with one attached hydrogen (secondary N) is 1. The molecule has 0 aromatic heterocycles. The lowest BCUT2D eigenvalue weighted by Crippen LogP contribution is -2.25. The second kappa shape index (κ2) is 6.48. The monoisotopic (exact) mass is 291 g/mol. The molecule has 1 aromatic rings. The zero-order chi connectivity index (χ0) is 14.5. The van der Waals surface area contributed by atoms with E-state index in [-0.39, 0.29) is 30.0 Å². The first-order chi connectivity index (χ1) is 8.86. The third kappa shape index (κ3) is 4.49. The van der Waals surface area contributed by atoms with E-state index in [1.54, 1.807) is 0 Å². The van der Waals surface area contributed by atoms with Crippen molar-refractivity contribution in [1.82, 2.24) is 4.72 Å². The minimum absolute atomic E-state index is 0.00563. The number of hydrogen-bond acceptors (Lipinski definition) is 4. The summed E-state index contributed by atoms with van der Waals surface area (Å²) in [5.41, 5.74) is 0. The third-order valence-corrected chi connectivity index (χ3v) is 3.75. The predicted molar refractivity (Wildman–Crippen MR) is 65.0 cm³/mol. The molecule has 0 saturated carbocycles. The number of rotatable bonds is 7. The van der Waals surface area contributed by atoms with Gasteiger partial charge in [-0.3, -0.25) is 4.79 Å². The fourth-order valence-electron chi connectivity index (χ4n) is 1.34. The lowest BCUT2D eigenvalue weighted by molar-refractivity contribution is -0.137. The number of carbonyl (C=O) groups is 1. The van der Waals surface area contributed by atoms with Crippen molar-refractivity contribution in [3.8, 4) is 5.75 Å². The number of aliphatic carboxylic acids is 1. The zero-order valence-corrected chi connectivity index (χ0v) is 11.0. The normalized spacial score (nSPS) is 11.3. The predicted octanol–water partition coefficient (Wildman–Crippen LogP) is 0.977. The Morgan fingerprint density at radius 1 is 1.47 bits per heavy atom. The summed E-state index contributed by atoms with van der Waals surface area (Å²) in [7, 11) is -2.57. The first-order valence-electron chi connectivity index (χ1n) is 5.42. The summed E-state index contributed by atoms with van der Waals surface area (Å²) in [4.78, 5) is 10.1. The fraction of sp³-hybridized carbons (Fsp3) is 0.364. The lowest BCUT2D eigenvalue weighted by Gasteiger charge is -2.08. The van der Waals surface area contributed by atoms with Crippen LogP contribution in [-0.2, 0) is 14.8 Å². The van der Waals surface area contributed by atoms with Crippen molar-refractivity contribution < 1.29 is 27.4 Å². The molecule has 0 bridgehead atoms. The second-order valence-electron chi connectivity index (χ2n) is 3.69. The van der Waals surface area contributed by atoms with Gasteiger partial charge in [-0.1, -0.05) is 0 Å². The Labute approximate surface area is 110 Å². The van der Waals surface area contributed by atoms with E-state index < -0.39 is 21.8 Å². The molecule has 19 heavy (non-hydrogen) atoms. The van der Waals surface area contributed by atoms with Gasteiger partial charge < -0.3 is 9.84 Å². The van der Waals surface area contributed by atoms with E-state index in [1.165, 1.54) is 7.11 Å². The van der Waals surface area contributed by atoms with Crippen LogP contribution in [0.1, 0.15) is 12.8 Å². The number of hydrogen-bond donors (Lipinski definition) is 2.